The number of fused-ring (bicyclic) bond motifs is 5. The van der Waals surface area contributed by atoms with Crippen molar-refractivity contribution in [1.29, 1.82) is 0 Å². The summed E-state index contributed by atoms with van der Waals surface area (Å²) in [5, 5.41) is 4.99. The van der Waals surface area contributed by atoms with Gasteiger partial charge in [-0.15, -0.1) is 0 Å². The van der Waals surface area contributed by atoms with Crippen molar-refractivity contribution in [3.05, 3.63) is 144 Å². The first-order valence-corrected chi connectivity index (χ1v) is 13.6. The van der Waals surface area contributed by atoms with Gasteiger partial charge in [0.2, 0.25) is 0 Å². The van der Waals surface area contributed by atoms with Crippen LogP contribution >= 0.6 is 0 Å². The van der Waals surface area contributed by atoms with Crippen LogP contribution in [-0.4, -0.2) is 21.4 Å². The van der Waals surface area contributed by atoms with E-state index in [0.29, 0.717) is 11.2 Å². The van der Waals surface area contributed by atoms with Crippen molar-refractivity contribution in [1.82, 2.24) is 9.55 Å². The number of nitrogens with zero attached hydrogens (tertiary/aromatic N) is 2. The van der Waals surface area contributed by atoms with Crippen molar-refractivity contribution in [2.45, 2.75) is 6.18 Å². The van der Waals surface area contributed by atoms with Crippen molar-refractivity contribution >= 4 is 54.8 Å². The average molecular weight is 554 g/mol. The van der Waals surface area contributed by atoms with E-state index in [1.165, 1.54) is 16.8 Å². The monoisotopic (exact) mass is 553 g/mol. The SMILES string of the molecule is FC(F)(F)/C(=C1\C=CC(c2ccc(-n3c4ccccc4c4ccccc43)cc2)=N1)c1cc2cc3ccccc3cc2[nH]1. The van der Waals surface area contributed by atoms with Gasteiger partial charge in [-0.2, -0.15) is 13.2 Å². The third-order valence-electron chi connectivity index (χ3n) is 7.94. The van der Waals surface area contributed by atoms with Gasteiger partial charge >= 0.3 is 6.18 Å². The highest BCUT2D eigenvalue weighted by Gasteiger charge is 2.39. The molecule has 2 aromatic heterocycles. The number of halogens is 3. The molecule has 0 radical (unpaired) electrons. The molecule has 5 aromatic carbocycles. The fourth-order valence-corrected chi connectivity index (χ4v) is 6.04. The van der Waals surface area contributed by atoms with Gasteiger partial charge in [-0.05, 0) is 65.4 Å². The molecular formula is C36H22F3N3. The van der Waals surface area contributed by atoms with Crippen LogP contribution in [0.25, 0.3) is 54.7 Å². The Morgan fingerprint density at radius 1 is 0.643 bits per heavy atom. The predicted molar refractivity (Wildman–Crippen MR) is 165 cm³/mol. The molecule has 0 amide bonds. The van der Waals surface area contributed by atoms with E-state index in [-0.39, 0.29) is 11.4 Å². The Kier molecular flexibility index (Phi) is 5.28. The summed E-state index contributed by atoms with van der Waals surface area (Å²) in [6.45, 7) is 0. The van der Waals surface area contributed by atoms with E-state index in [4.69, 9.17) is 0 Å². The number of para-hydroxylation sites is 2. The van der Waals surface area contributed by atoms with E-state index < -0.39 is 11.7 Å². The van der Waals surface area contributed by atoms with Gasteiger partial charge in [0.15, 0.2) is 0 Å². The van der Waals surface area contributed by atoms with Crippen LogP contribution in [0.15, 0.2) is 138 Å². The topological polar surface area (TPSA) is 33.1 Å². The summed E-state index contributed by atoms with van der Waals surface area (Å²) < 4.78 is 45.6. The van der Waals surface area contributed by atoms with Gasteiger partial charge in [-0.1, -0.05) is 72.8 Å². The zero-order valence-electron chi connectivity index (χ0n) is 22.2. The molecule has 7 aromatic rings. The summed E-state index contributed by atoms with van der Waals surface area (Å²) in [7, 11) is 0. The molecule has 0 fully saturated rings. The minimum Gasteiger partial charge on any atom is -0.354 e. The lowest BCUT2D eigenvalue weighted by Gasteiger charge is -2.12. The van der Waals surface area contributed by atoms with Crippen LogP contribution in [0.3, 0.4) is 0 Å². The third-order valence-corrected chi connectivity index (χ3v) is 7.94. The highest BCUT2D eigenvalue weighted by molar-refractivity contribution is 6.12. The van der Waals surface area contributed by atoms with Gasteiger partial charge in [0.1, 0.15) is 5.57 Å². The number of aliphatic imine (C=N–C) groups is 1. The maximum Gasteiger partial charge on any atom is 0.420 e. The number of hydrogen-bond donors (Lipinski definition) is 1. The second-order valence-electron chi connectivity index (χ2n) is 10.5. The minimum absolute atomic E-state index is 0.000770. The van der Waals surface area contributed by atoms with Gasteiger partial charge in [-0.3, -0.25) is 0 Å². The highest BCUT2D eigenvalue weighted by atomic mass is 19.4. The molecule has 0 saturated heterocycles. The maximum atomic E-state index is 14.5. The van der Waals surface area contributed by atoms with Crippen molar-refractivity contribution in [3.63, 3.8) is 0 Å². The van der Waals surface area contributed by atoms with E-state index in [9.17, 15) is 13.2 Å². The summed E-state index contributed by atoms with van der Waals surface area (Å²) in [5.41, 5.74) is 4.15. The van der Waals surface area contributed by atoms with E-state index >= 15 is 0 Å². The Morgan fingerprint density at radius 3 is 1.93 bits per heavy atom. The first kappa shape index (κ1) is 24.4. The Balaban J connectivity index is 1.20. The molecule has 0 atom stereocenters. The molecule has 3 heterocycles. The molecule has 42 heavy (non-hydrogen) atoms. The smallest absolute Gasteiger partial charge is 0.354 e. The number of hydrogen-bond acceptors (Lipinski definition) is 1. The van der Waals surface area contributed by atoms with Crippen LogP contribution in [0, 0.1) is 0 Å². The molecule has 6 heteroatoms. The van der Waals surface area contributed by atoms with Gasteiger partial charge < -0.3 is 9.55 Å². The average Bonchev–Trinajstić information content (AvgIpc) is 3.71. The number of benzene rings is 5. The van der Waals surface area contributed by atoms with Crippen LogP contribution in [0.1, 0.15) is 11.3 Å². The largest absolute Gasteiger partial charge is 0.420 e. The number of allylic oxidation sites excluding steroid dienone is 3. The molecule has 1 aliphatic heterocycles. The quantitative estimate of drug-likeness (QED) is 0.226. The highest BCUT2D eigenvalue weighted by Crippen LogP contribution is 2.40. The minimum atomic E-state index is -4.60. The van der Waals surface area contributed by atoms with E-state index in [1.807, 2.05) is 84.9 Å². The Morgan fingerprint density at radius 2 is 1.26 bits per heavy atom. The molecule has 1 aliphatic rings. The van der Waals surface area contributed by atoms with Crippen molar-refractivity contribution < 1.29 is 13.2 Å². The normalized spacial score (nSPS) is 14.9. The zero-order chi connectivity index (χ0) is 28.4. The Hall–Kier alpha value is -5.36. The number of alkyl halides is 3. The lowest BCUT2D eigenvalue weighted by molar-refractivity contribution is -0.0695. The van der Waals surface area contributed by atoms with Crippen LogP contribution in [-0.2, 0) is 0 Å². The lowest BCUT2D eigenvalue weighted by atomic mass is 10.1. The molecular weight excluding hydrogens is 531 g/mol. The van der Waals surface area contributed by atoms with Crippen LogP contribution < -0.4 is 0 Å². The Bertz CT molecular complexity index is 2170. The second kappa shape index (κ2) is 9.08. The second-order valence-corrected chi connectivity index (χ2v) is 10.5. The summed E-state index contributed by atoms with van der Waals surface area (Å²) in [6.07, 6.45) is -1.51. The molecule has 0 aliphatic carbocycles. The zero-order valence-corrected chi connectivity index (χ0v) is 22.2. The van der Waals surface area contributed by atoms with Gasteiger partial charge in [0, 0.05) is 32.9 Å². The summed E-state index contributed by atoms with van der Waals surface area (Å²) in [5.74, 6) is 0. The van der Waals surface area contributed by atoms with E-state index in [0.717, 1.165) is 38.4 Å². The first-order chi connectivity index (χ1) is 20.4. The lowest BCUT2D eigenvalue weighted by Crippen LogP contribution is -2.12. The molecule has 0 saturated carbocycles. The maximum absolute atomic E-state index is 14.5. The van der Waals surface area contributed by atoms with Gasteiger partial charge in [0.25, 0.3) is 0 Å². The van der Waals surface area contributed by atoms with E-state index in [1.54, 1.807) is 12.1 Å². The summed E-state index contributed by atoms with van der Waals surface area (Å²) in [6, 6.07) is 37.4. The van der Waals surface area contributed by atoms with Crippen LogP contribution in [0.5, 0.6) is 0 Å². The van der Waals surface area contributed by atoms with Crippen molar-refractivity contribution in [2.75, 3.05) is 0 Å². The number of aromatic amines is 1. The van der Waals surface area contributed by atoms with E-state index in [2.05, 4.69) is 38.8 Å². The molecule has 8 rings (SSSR count). The number of H-pyrrole nitrogens is 1. The first-order valence-electron chi connectivity index (χ1n) is 13.6. The fraction of sp³-hybridized carbons (Fsp3) is 0.0278. The van der Waals surface area contributed by atoms with Crippen molar-refractivity contribution in [3.8, 4) is 5.69 Å². The molecule has 0 spiro atoms. The Labute approximate surface area is 238 Å². The number of rotatable bonds is 3. The molecule has 3 nitrogen and oxygen atoms in total. The number of aromatic nitrogens is 2. The summed E-state index contributed by atoms with van der Waals surface area (Å²) >= 11 is 0. The predicted octanol–water partition coefficient (Wildman–Crippen LogP) is 9.75. The van der Waals surface area contributed by atoms with Gasteiger partial charge in [0.05, 0.1) is 28.1 Å². The fourth-order valence-electron chi connectivity index (χ4n) is 6.04. The summed E-state index contributed by atoms with van der Waals surface area (Å²) in [4.78, 5) is 7.45. The number of nitrogens with one attached hydrogen (secondary N) is 1. The van der Waals surface area contributed by atoms with Gasteiger partial charge in [-0.25, -0.2) is 4.99 Å². The van der Waals surface area contributed by atoms with Crippen LogP contribution in [0.4, 0.5) is 13.2 Å². The molecule has 0 bridgehead atoms. The molecule has 202 valence electrons. The molecule has 0 unspecified atom stereocenters. The van der Waals surface area contributed by atoms with Crippen molar-refractivity contribution in [2.24, 2.45) is 4.99 Å². The molecule has 1 N–H and O–H groups in total. The van der Waals surface area contributed by atoms with Crippen LogP contribution in [0.2, 0.25) is 0 Å². The third kappa shape index (κ3) is 3.87. The standard InChI is InChI=1S/C36H22F3N3/c37-36(38,39)35(32-21-25-19-23-7-1-2-8-24(23)20-31(25)41-32)30-18-17-29(40-30)22-13-15-26(16-14-22)42-33-11-5-3-9-27(33)28-10-4-6-12-34(28)42/h1-21,41H/b35-30+.